The Morgan fingerprint density at radius 2 is 2.19 bits per heavy atom. The molecule has 5 nitrogen and oxygen atoms in total. The van der Waals surface area contributed by atoms with Gasteiger partial charge in [0.15, 0.2) is 5.82 Å². The molecule has 2 unspecified atom stereocenters. The number of H-pyrrole nitrogens is 1. The van der Waals surface area contributed by atoms with Crippen molar-refractivity contribution in [2.75, 3.05) is 6.54 Å². The van der Waals surface area contributed by atoms with E-state index < -0.39 is 5.38 Å². The second-order valence-corrected chi connectivity index (χ2v) is 5.87. The molecule has 1 N–H and O–H groups in total. The molecule has 0 aliphatic carbocycles. The minimum Gasteiger partial charge on any atom is -0.331 e. The van der Waals surface area contributed by atoms with Crippen LogP contribution in [0.15, 0.2) is 30.3 Å². The van der Waals surface area contributed by atoms with E-state index in [-0.39, 0.29) is 11.9 Å². The quantitative estimate of drug-likeness (QED) is 0.887. The average Bonchev–Trinajstić information content (AvgIpc) is 3.16. The molecule has 1 saturated heterocycles. The maximum Gasteiger partial charge on any atom is 0.240 e. The second-order valence-electron chi connectivity index (χ2n) is 5.22. The van der Waals surface area contributed by atoms with Gasteiger partial charge in [0.1, 0.15) is 11.2 Å². The normalized spacial score (nSPS) is 19.7. The molecule has 2 aromatic rings. The maximum absolute atomic E-state index is 12.1. The van der Waals surface area contributed by atoms with Crippen LogP contribution in [0.1, 0.15) is 31.6 Å². The van der Waals surface area contributed by atoms with Crippen LogP contribution in [-0.2, 0) is 4.79 Å². The first-order chi connectivity index (χ1) is 10.2. The molecule has 0 bridgehead atoms. The van der Waals surface area contributed by atoms with Gasteiger partial charge in [0.05, 0.1) is 6.04 Å². The van der Waals surface area contributed by atoms with Gasteiger partial charge in [0.2, 0.25) is 5.91 Å². The average molecular weight is 305 g/mol. The van der Waals surface area contributed by atoms with E-state index in [1.165, 1.54) is 0 Å². The number of benzene rings is 1. The summed E-state index contributed by atoms with van der Waals surface area (Å²) in [7, 11) is 0. The van der Waals surface area contributed by atoms with Crippen LogP contribution < -0.4 is 0 Å². The minimum absolute atomic E-state index is 0.0446. The predicted molar refractivity (Wildman–Crippen MR) is 80.8 cm³/mol. The number of aromatic nitrogens is 3. The van der Waals surface area contributed by atoms with Gasteiger partial charge in [-0.15, -0.1) is 11.6 Å². The van der Waals surface area contributed by atoms with E-state index >= 15 is 0 Å². The molecule has 110 valence electrons. The van der Waals surface area contributed by atoms with E-state index in [4.69, 9.17) is 11.6 Å². The van der Waals surface area contributed by atoms with E-state index in [1.54, 1.807) is 11.8 Å². The molecular weight excluding hydrogens is 288 g/mol. The van der Waals surface area contributed by atoms with Crippen LogP contribution in [0.3, 0.4) is 0 Å². The fourth-order valence-electron chi connectivity index (χ4n) is 2.68. The van der Waals surface area contributed by atoms with Crippen molar-refractivity contribution in [1.29, 1.82) is 0 Å². The van der Waals surface area contributed by atoms with Crippen molar-refractivity contribution in [2.24, 2.45) is 0 Å². The van der Waals surface area contributed by atoms with Gasteiger partial charge in [-0.1, -0.05) is 30.3 Å². The number of alkyl halides is 1. The number of likely N-dealkylation sites (tertiary alicyclic amines) is 1. The van der Waals surface area contributed by atoms with E-state index in [2.05, 4.69) is 15.2 Å². The molecule has 0 saturated carbocycles. The van der Waals surface area contributed by atoms with Crippen molar-refractivity contribution >= 4 is 17.5 Å². The van der Waals surface area contributed by atoms with E-state index in [0.29, 0.717) is 5.82 Å². The Morgan fingerprint density at radius 1 is 1.43 bits per heavy atom. The highest BCUT2D eigenvalue weighted by atomic mass is 35.5. The molecule has 3 rings (SSSR count). The minimum atomic E-state index is -0.512. The van der Waals surface area contributed by atoms with Crippen molar-refractivity contribution in [3.05, 3.63) is 36.2 Å². The first kappa shape index (κ1) is 14.1. The van der Waals surface area contributed by atoms with Crippen LogP contribution in [-0.4, -0.2) is 37.9 Å². The molecule has 1 aliphatic heterocycles. The third-order valence-electron chi connectivity index (χ3n) is 3.73. The molecule has 0 radical (unpaired) electrons. The van der Waals surface area contributed by atoms with Crippen LogP contribution in [0.2, 0.25) is 0 Å². The molecule has 0 spiro atoms. The number of amides is 1. The zero-order valence-corrected chi connectivity index (χ0v) is 12.5. The lowest BCUT2D eigenvalue weighted by atomic mass is 10.2. The second kappa shape index (κ2) is 5.85. The van der Waals surface area contributed by atoms with E-state index in [1.807, 2.05) is 30.3 Å². The summed E-state index contributed by atoms with van der Waals surface area (Å²) in [6.45, 7) is 2.43. The number of nitrogens with zero attached hydrogens (tertiary/aromatic N) is 3. The molecular formula is C15H17ClN4O. The van der Waals surface area contributed by atoms with Crippen molar-refractivity contribution in [1.82, 2.24) is 20.1 Å². The number of rotatable bonds is 3. The van der Waals surface area contributed by atoms with Crippen LogP contribution in [0.4, 0.5) is 0 Å². The molecule has 1 aromatic carbocycles. The van der Waals surface area contributed by atoms with E-state index in [9.17, 15) is 4.79 Å². The van der Waals surface area contributed by atoms with Gasteiger partial charge in [-0.25, -0.2) is 4.98 Å². The van der Waals surface area contributed by atoms with Gasteiger partial charge in [0.25, 0.3) is 0 Å². The van der Waals surface area contributed by atoms with Crippen molar-refractivity contribution in [2.45, 2.75) is 31.2 Å². The number of hydrogen-bond acceptors (Lipinski definition) is 3. The lowest BCUT2D eigenvalue weighted by Gasteiger charge is -2.23. The number of hydrogen-bond donors (Lipinski definition) is 1. The van der Waals surface area contributed by atoms with Crippen LogP contribution >= 0.6 is 11.6 Å². The van der Waals surface area contributed by atoms with Gasteiger partial charge in [-0.3, -0.25) is 9.89 Å². The molecule has 1 fully saturated rings. The van der Waals surface area contributed by atoms with Crippen molar-refractivity contribution in [3.8, 4) is 11.4 Å². The van der Waals surface area contributed by atoms with Gasteiger partial charge in [-0.2, -0.15) is 5.10 Å². The Morgan fingerprint density at radius 3 is 2.90 bits per heavy atom. The monoisotopic (exact) mass is 304 g/mol. The summed E-state index contributed by atoms with van der Waals surface area (Å²) in [5.41, 5.74) is 0.960. The Balaban J connectivity index is 1.84. The summed E-state index contributed by atoms with van der Waals surface area (Å²) >= 11 is 5.92. The Kier molecular flexibility index (Phi) is 3.92. The smallest absolute Gasteiger partial charge is 0.240 e. The summed E-state index contributed by atoms with van der Waals surface area (Å²) in [4.78, 5) is 18.5. The lowest BCUT2D eigenvalue weighted by molar-refractivity contribution is -0.131. The molecule has 21 heavy (non-hydrogen) atoms. The zero-order chi connectivity index (χ0) is 14.8. The van der Waals surface area contributed by atoms with Crippen molar-refractivity contribution < 1.29 is 4.79 Å². The standard InChI is InChI=1S/C15H17ClN4O/c1-10(16)15(21)20-9-5-8-12(20)14-17-13(18-19-14)11-6-3-2-4-7-11/h2-4,6-7,10,12H,5,8-9H2,1H3,(H,17,18,19). The third-order valence-corrected chi connectivity index (χ3v) is 3.91. The summed E-state index contributed by atoms with van der Waals surface area (Å²) in [6, 6.07) is 9.73. The number of halogens is 1. The highest BCUT2D eigenvalue weighted by Gasteiger charge is 2.33. The molecule has 1 aliphatic rings. The highest BCUT2D eigenvalue weighted by Crippen LogP contribution is 2.31. The van der Waals surface area contributed by atoms with Gasteiger partial charge in [0, 0.05) is 12.1 Å². The van der Waals surface area contributed by atoms with Gasteiger partial charge >= 0.3 is 0 Å². The largest absolute Gasteiger partial charge is 0.331 e. The van der Waals surface area contributed by atoms with Crippen LogP contribution in [0.25, 0.3) is 11.4 Å². The topological polar surface area (TPSA) is 61.9 Å². The lowest BCUT2D eigenvalue weighted by Crippen LogP contribution is -2.35. The first-order valence-electron chi connectivity index (χ1n) is 7.09. The molecule has 2 atom stereocenters. The molecule has 6 heteroatoms. The van der Waals surface area contributed by atoms with Crippen LogP contribution in [0.5, 0.6) is 0 Å². The summed E-state index contributed by atoms with van der Waals surface area (Å²) in [6.07, 6.45) is 1.85. The van der Waals surface area contributed by atoms with Gasteiger partial charge < -0.3 is 4.90 Å². The molecule has 1 amide bonds. The predicted octanol–water partition coefficient (Wildman–Crippen LogP) is 2.76. The first-order valence-corrected chi connectivity index (χ1v) is 7.52. The fraction of sp³-hybridized carbons (Fsp3) is 0.400. The van der Waals surface area contributed by atoms with E-state index in [0.717, 1.165) is 30.8 Å². The molecule has 1 aromatic heterocycles. The maximum atomic E-state index is 12.1. The summed E-state index contributed by atoms with van der Waals surface area (Å²) in [5, 5.41) is 6.72. The summed E-state index contributed by atoms with van der Waals surface area (Å²) in [5.74, 6) is 1.35. The number of nitrogens with one attached hydrogen (secondary N) is 1. The molecule has 2 heterocycles. The van der Waals surface area contributed by atoms with Crippen molar-refractivity contribution in [3.63, 3.8) is 0 Å². The number of carbonyl (C=O) groups is 1. The van der Waals surface area contributed by atoms with Crippen LogP contribution in [0, 0.1) is 0 Å². The van der Waals surface area contributed by atoms with Gasteiger partial charge in [-0.05, 0) is 19.8 Å². The number of carbonyl (C=O) groups excluding carboxylic acids is 1. The highest BCUT2D eigenvalue weighted by molar-refractivity contribution is 6.30. The summed E-state index contributed by atoms with van der Waals surface area (Å²) < 4.78 is 0. The third kappa shape index (κ3) is 2.78. The Hall–Kier alpha value is -1.88. The Bertz CT molecular complexity index is 626. The Labute approximate surface area is 128 Å². The SMILES string of the molecule is CC(Cl)C(=O)N1CCCC1c1nc(-c2ccccc2)n[nH]1. The number of aromatic amines is 1. The fourth-order valence-corrected chi connectivity index (χ4v) is 2.81. The zero-order valence-electron chi connectivity index (χ0n) is 11.8.